The highest BCUT2D eigenvalue weighted by atomic mass is 19.1. The van der Waals surface area contributed by atoms with Crippen LogP contribution in [0.1, 0.15) is 12.6 Å². The van der Waals surface area contributed by atoms with Crippen LogP contribution in [0, 0.1) is 5.82 Å². The van der Waals surface area contributed by atoms with Crippen molar-refractivity contribution in [2.24, 2.45) is 0 Å². The van der Waals surface area contributed by atoms with Crippen molar-refractivity contribution in [3.63, 3.8) is 0 Å². The molecule has 0 aliphatic carbocycles. The van der Waals surface area contributed by atoms with Gasteiger partial charge in [-0.2, -0.15) is 0 Å². The van der Waals surface area contributed by atoms with Crippen molar-refractivity contribution in [1.29, 1.82) is 0 Å². The van der Waals surface area contributed by atoms with Gasteiger partial charge in [0.1, 0.15) is 6.33 Å². The lowest BCUT2D eigenvalue weighted by Gasteiger charge is -2.08. The molecule has 2 aromatic rings. The maximum absolute atomic E-state index is 13.7. The third-order valence-electron chi connectivity index (χ3n) is 2.42. The summed E-state index contributed by atoms with van der Waals surface area (Å²) in [4.78, 5) is 11.7. The second-order valence-corrected chi connectivity index (χ2v) is 3.56. The van der Waals surface area contributed by atoms with E-state index in [9.17, 15) is 4.39 Å². The molecule has 0 radical (unpaired) electrons. The van der Waals surface area contributed by atoms with Gasteiger partial charge in [-0.15, -0.1) is 0 Å². The van der Waals surface area contributed by atoms with Gasteiger partial charge in [0, 0.05) is 25.5 Å². The van der Waals surface area contributed by atoms with Crippen LogP contribution in [0.15, 0.2) is 25.0 Å². The third-order valence-corrected chi connectivity index (χ3v) is 2.42. The lowest BCUT2D eigenvalue weighted by atomic mass is 10.3. The third kappa shape index (κ3) is 2.77. The van der Waals surface area contributed by atoms with Gasteiger partial charge >= 0.3 is 0 Å². The quantitative estimate of drug-likeness (QED) is 0.853. The van der Waals surface area contributed by atoms with Crippen molar-refractivity contribution in [3.05, 3.63) is 36.6 Å². The highest BCUT2D eigenvalue weighted by Gasteiger charge is 2.08. The van der Waals surface area contributed by atoms with Gasteiger partial charge in [-0.05, 0) is 6.42 Å². The average Bonchev–Trinajstić information content (AvgIpc) is 2.84. The van der Waals surface area contributed by atoms with E-state index in [0.29, 0.717) is 25.2 Å². The van der Waals surface area contributed by atoms with Gasteiger partial charge in [0.05, 0.1) is 12.0 Å². The zero-order chi connectivity index (χ0) is 12.1. The van der Waals surface area contributed by atoms with E-state index in [0.717, 1.165) is 0 Å². The fourth-order valence-corrected chi connectivity index (χ4v) is 1.50. The van der Waals surface area contributed by atoms with Crippen LogP contribution < -0.4 is 5.32 Å². The Labute approximate surface area is 98.7 Å². The van der Waals surface area contributed by atoms with Crippen molar-refractivity contribution in [2.45, 2.75) is 19.9 Å². The van der Waals surface area contributed by atoms with Gasteiger partial charge in [0.2, 0.25) is 0 Å². The molecule has 17 heavy (non-hydrogen) atoms. The maximum Gasteiger partial charge on any atom is 0.186 e. The molecule has 0 saturated heterocycles. The van der Waals surface area contributed by atoms with Crippen molar-refractivity contribution in [2.75, 3.05) is 11.9 Å². The largest absolute Gasteiger partial charge is 0.366 e. The number of anilines is 1. The van der Waals surface area contributed by atoms with Crippen LogP contribution in [0.2, 0.25) is 0 Å². The number of rotatable bonds is 5. The van der Waals surface area contributed by atoms with Crippen molar-refractivity contribution in [3.8, 4) is 0 Å². The summed E-state index contributed by atoms with van der Waals surface area (Å²) in [5.74, 6) is -0.0994. The van der Waals surface area contributed by atoms with Gasteiger partial charge in [-0.3, -0.25) is 0 Å². The molecule has 2 rings (SSSR count). The minimum Gasteiger partial charge on any atom is -0.366 e. The molecule has 0 aliphatic rings. The number of hydrogen-bond acceptors (Lipinski definition) is 4. The number of aryl methyl sites for hydroxylation is 1. The van der Waals surface area contributed by atoms with Crippen LogP contribution in [0.4, 0.5) is 10.2 Å². The maximum atomic E-state index is 13.7. The second kappa shape index (κ2) is 5.38. The predicted octanol–water partition coefficient (Wildman–Crippen LogP) is 1.49. The van der Waals surface area contributed by atoms with Crippen LogP contribution in [-0.4, -0.2) is 26.1 Å². The summed E-state index contributed by atoms with van der Waals surface area (Å²) in [5, 5.41) is 2.95. The Bertz CT molecular complexity index is 469. The topological polar surface area (TPSA) is 55.6 Å². The first-order valence-electron chi connectivity index (χ1n) is 5.50. The fraction of sp³-hybridized carbons (Fsp3) is 0.364. The van der Waals surface area contributed by atoms with E-state index in [1.165, 1.54) is 6.33 Å². The van der Waals surface area contributed by atoms with Crippen molar-refractivity contribution < 1.29 is 4.39 Å². The van der Waals surface area contributed by atoms with Crippen LogP contribution in [0.3, 0.4) is 0 Å². The number of halogens is 1. The minimum absolute atomic E-state index is 0.261. The Morgan fingerprint density at radius 1 is 1.41 bits per heavy atom. The van der Waals surface area contributed by atoms with E-state index in [4.69, 9.17) is 0 Å². The molecule has 0 fully saturated rings. The molecule has 0 atom stereocenters. The summed E-state index contributed by atoms with van der Waals surface area (Å²) in [6, 6.07) is 0. The average molecular weight is 235 g/mol. The first-order chi connectivity index (χ1) is 8.31. The molecule has 0 aromatic carbocycles. The van der Waals surface area contributed by atoms with Crippen LogP contribution in [0.25, 0.3) is 0 Å². The van der Waals surface area contributed by atoms with Gasteiger partial charge in [-0.1, -0.05) is 6.92 Å². The van der Waals surface area contributed by atoms with E-state index in [1.807, 2.05) is 17.7 Å². The summed E-state index contributed by atoms with van der Waals surface area (Å²) < 4.78 is 15.6. The van der Waals surface area contributed by atoms with E-state index >= 15 is 0 Å². The number of hydrogen-bond donors (Lipinski definition) is 1. The molecule has 90 valence electrons. The van der Waals surface area contributed by atoms with Gasteiger partial charge < -0.3 is 9.88 Å². The van der Waals surface area contributed by atoms with Crippen LogP contribution in [-0.2, 0) is 13.0 Å². The number of aromatic nitrogens is 4. The molecular formula is C11H14FN5. The SMILES string of the molecule is CCc1ncnc(NCCn2ccnc2)c1F. The van der Waals surface area contributed by atoms with E-state index in [-0.39, 0.29) is 11.6 Å². The highest BCUT2D eigenvalue weighted by molar-refractivity contribution is 5.37. The molecule has 5 nitrogen and oxygen atoms in total. The summed E-state index contributed by atoms with van der Waals surface area (Å²) in [6.45, 7) is 3.17. The summed E-state index contributed by atoms with van der Waals surface area (Å²) in [7, 11) is 0. The smallest absolute Gasteiger partial charge is 0.186 e. The van der Waals surface area contributed by atoms with Gasteiger partial charge in [0.25, 0.3) is 0 Å². The molecule has 6 heteroatoms. The molecule has 0 spiro atoms. The van der Waals surface area contributed by atoms with Crippen molar-refractivity contribution in [1.82, 2.24) is 19.5 Å². The van der Waals surface area contributed by atoms with Gasteiger partial charge in [-0.25, -0.2) is 19.3 Å². The van der Waals surface area contributed by atoms with Gasteiger partial charge in [0.15, 0.2) is 11.6 Å². The lowest BCUT2D eigenvalue weighted by molar-refractivity contribution is 0.595. The summed E-state index contributed by atoms with van der Waals surface area (Å²) in [6.07, 6.45) is 7.22. The molecule has 0 saturated carbocycles. The van der Waals surface area contributed by atoms with Crippen molar-refractivity contribution >= 4 is 5.82 Å². The van der Waals surface area contributed by atoms with E-state index < -0.39 is 0 Å². The van der Waals surface area contributed by atoms with E-state index in [2.05, 4.69) is 20.3 Å². The fourth-order valence-electron chi connectivity index (χ4n) is 1.50. The molecule has 2 aromatic heterocycles. The molecule has 0 bridgehead atoms. The molecule has 0 amide bonds. The monoisotopic (exact) mass is 235 g/mol. The van der Waals surface area contributed by atoms with E-state index in [1.54, 1.807) is 12.5 Å². The highest BCUT2D eigenvalue weighted by Crippen LogP contribution is 2.12. The Morgan fingerprint density at radius 3 is 3.00 bits per heavy atom. The number of imidazole rings is 1. The zero-order valence-corrected chi connectivity index (χ0v) is 9.60. The Hall–Kier alpha value is -1.98. The van der Waals surface area contributed by atoms with Crippen LogP contribution in [0.5, 0.6) is 0 Å². The first-order valence-corrected chi connectivity index (χ1v) is 5.50. The zero-order valence-electron chi connectivity index (χ0n) is 9.60. The number of nitrogens with one attached hydrogen (secondary N) is 1. The van der Waals surface area contributed by atoms with Crippen LogP contribution >= 0.6 is 0 Å². The lowest BCUT2D eigenvalue weighted by Crippen LogP contribution is -2.12. The molecule has 2 heterocycles. The molecule has 0 aliphatic heterocycles. The number of nitrogens with zero attached hydrogens (tertiary/aromatic N) is 4. The Balaban J connectivity index is 1.95. The minimum atomic E-state index is -0.361. The summed E-state index contributed by atoms with van der Waals surface area (Å²) in [5.41, 5.74) is 0.435. The predicted molar refractivity (Wildman–Crippen MR) is 62.1 cm³/mol. The first kappa shape index (κ1) is 11.5. The molecular weight excluding hydrogens is 221 g/mol. The molecule has 0 unspecified atom stereocenters. The normalized spacial score (nSPS) is 10.5. The Kier molecular flexibility index (Phi) is 3.64. The Morgan fingerprint density at radius 2 is 2.29 bits per heavy atom. The summed E-state index contributed by atoms with van der Waals surface area (Å²) >= 11 is 0. The standard InChI is InChI=1S/C11H14FN5/c1-2-9-10(12)11(16-7-15-9)14-4-6-17-5-3-13-8-17/h3,5,7-8H,2,4,6H2,1H3,(H,14,15,16). The molecule has 1 N–H and O–H groups in total. The second-order valence-electron chi connectivity index (χ2n) is 3.56.